The van der Waals surface area contributed by atoms with Crippen LogP contribution in [0.15, 0.2) is 30.3 Å². The molecule has 0 heterocycles. The molecule has 0 spiro atoms. The molecular formula is C17H14F3NO6. The van der Waals surface area contributed by atoms with Crippen LogP contribution in [0.3, 0.4) is 0 Å². The molecule has 7 nitrogen and oxygen atoms in total. The maximum absolute atomic E-state index is 13.4. The number of nitrogens with one attached hydrogen (secondary N) is 1. The molecule has 0 bridgehead atoms. The second kappa shape index (κ2) is 7.52. The van der Waals surface area contributed by atoms with E-state index in [1.807, 2.05) is 5.32 Å². The van der Waals surface area contributed by atoms with Crippen LogP contribution in [0.25, 0.3) is 10.8 Å². The van der Waals surface area contributed by atoms with Crippen molar-refractivity contribution in [1.82, 2.24) is 5.32 Å². The number of carboxylic acids is 2. The predicted molar refractivity (Wildman–Crippen MR) is 86.6 cm³/mol. The van der Waals surface area contributed by atoms with Crippen molar-refractivity contribution in [3.05, 3.63) is 41.5 Å². The molecule has 144 valence electrons. The lowest BCUT2D eigenvalue weighted by Gasteiger charge is -2.17. The fourth-order valence-corrected chi connectivity index (χ4v) is 2.61. The van der Waals surface area contributed by atoms with Gasteiger partial charge in [0.05, 0.1) is 13.5 Å². The van der Waals surface area contributed by atoms with Gasteiger partial charge in [-0.3, -0.25) is 9.59 Å². The lowest BCUT2D eigenvalue weighted by Crippen LogP contribution is -2.42. The summed E-state index contributed by atoms with van der Waals surface area (Å²) in [5, 5.41) is 19.3. The van der Waals surface area contributed by atoms with Crippen LogP contribution < -0.4 is 10.1 Å². The molecule has 2 aromatic carbocycles. The molecule has 0 saturated heterocycles. The van der Waals surface area contributed by atoms with Crippen molar-refractivity contribution in [2.45, 2.75) is 18.6 Å². The summed E-state index contributed by atoms with van der Waals surface area (Å²) in [6.45, 7) is 0. The fraction of sp³-hybridized carbons (Fsp3) is 0.235. The first-order valence-corrected chi connectivity index (χ1v) is 7.48. The zero-order valence-electron chi connectivity index (χ0n) is 13.8. The minimum Gasteiger partial charge on any atom is -0.496 e. The zero-order valence-corrected chi connectivity index (χ0v) is 13.8. The molecule has 27 heavy (non-hydrogen) atoms. The number of alkyl halides is 3. The van der Waals surface area contributed by atoms with E-state index in [1.165, 1.54) is 18.2 Å². The first kappa shape index (κ1) is 20.0. The van der Waals surface area contributed by atoms with Crippen molar-refractivity contribution in [2.24, 2.45) is 0 Å². The second-order valence-corrected chi connectivity index (χ2v) is 5.50. The van der Waals surface area contributed by atoms with Crippen LogP contribution in [0.5, 0.6) is 5.75 Å². The van der Waals surface area contributed by atoms with Crippen LogP contribution in [0.4, 0.5) is 13.2 Å². The molecule has 0 saturated carbocycles. The highest BCUT2D eigenvalue weighted by atomic mass is 19.4. The number of aliphatic carboxylic acids is 2. The first-order chi connectivity index (χ1) is 12.6. The third-order valence-corrected chi connectivity index (χ3v) is 3.75. The number of carboxylic acid groups (broad SMARTS) is 2. The molecule has 2 rings (SSSR count). The van der Waals surface area contributed by atoms with Gasteiger partial charge in [-0.25, -0.2) is 4.79 Å². The smallest absolute Gasteiger partial charge is 0.420 e. The SMILES string of the molecule is COc1ccc2c(C(=O)N[C@@H](CC(=O)O)C(=O)O)cccc2c1C(F)(F)F. The Morgan fingerprint density at radius 3 is 2.30 bits per heavy atom. The highest BCUT2D eigenvalue weighted by Crippen LogP contribution is 2.41. The van der Waals surface area contributed by atoms with Gasteiger partial charge in [0.25, 0.3) is 5.91 Å². The minimum atomic E-state index is -4.76. The lowest BCUT2D eigenvalue weighted by atomic mass is 9.98. The van der Waals surface area contributed by atoms with Gasteiger partial charge in [-0.15, -0.1) is 0 Å². The molecule has 0 fully saturated rings. The van der Waals surface area contributed by atoms with E-state index in [0.717, 1.165) is 19.2 Å². The van der Waals surface area contributed by atoms with Crippen molar-refractivity contribution in [3.8, 4) is 5.75 Å². The quantitative estimate of drug-likeness (QED) is 0.704. The van der Waals surface area contributed by atoms with Crippen molar-refractivity contribution in [2.75, 3.05) is 7.11 Å². The van der Waals surface area contributed by atoms with Gasteiger partial charge in [-0.2, -0.15) is 13.2 Å². The largest absolute Gasteiger partial charge is 0.496 e. The Balaban J connectivity index is 2.55. The van der Waals surface area contributed by atoms with Crippen LogP contribution in [0, 0.1) is 0 Å². The molecular weight excluding hydrogens is 371 g/mol. The van der Waals surface area contributed by atoms with Crippen molar-refractivity contribution in [3.63, 3.8) is 0 Å². The van der Waals surface area contributed by atoms with Crippen molar-refractivity contribution >= 4 is 28.6 Å². The molecule has 0 aromatic heterocycles. The van der Waals surface area contributed by atoms with E-state index in [9.17, 15) is 27.6 Å². The van der Waals surface area contributed by atoms with Gasteiger partial charge in [0.1, 0.15) is 17.4 Å². The summed E-state index contributed by atoms with van der Waals surface area (Å²) in [6.07, 6.45) is -5.64. The number of rotatable bonds is 6. The number of benzene rings is 2. The van der Waals surface area contributed by atoms with E-state index < -0.39 is 47.8 Å². The number of fused-ring (bicyclic) bond motifs is 1. The standard InChI is InChI=1S/C17H14F3NO6/c1-27-12-6-5-8-9(14(12)17(18,19)20)3-2-4-10(8)15(24)21-11(16(25)26)7-13(22)23/h2-6,11H,7H2,1H3,(H,21,24)(H,22,23)(H,25,26)/t11-/m0/s1. The van der Waals surface area contributed by atoms with Crippen molar-refractivity contribution < 1.29 is 42.5 Å². The van der Waals surface area contributed by atoms with Gasteiger partial charge in [0.15, 0.2) is 0 Å². The average Bonchev–Trinajstić information content (AvgIpc) is 2.57. The van der Waals surface area contributed by atoms with Crippen LogP contribution >= 0.6 is 0 Å². The summed E-state index contributed by atoms with van der Waals surface area (Å²) in [6, 6.07) is 4.14. The number of hydrogen-bond acceptors (Lipinski definition) is 4. The highest BCUT2D eigenvalue weighted by Gasteiger charge is 2.37. The Morgan fingerprint density at radius 2 is 1.78 bits per heavy atom. The Kier molecular flexibility index (Phi) is 5.58. The van der Waals surface area contributed by atoms with Gasteiger partial charge < -0.3 is 20.3 Å². The summed E-state index contributed by atoms with van der Waals surface area (Å²) >= 11 is 0. The average molecular weight is 385 g/mol. The van der Waals surface area contributed by atoms with Crippen LogP contribution in [0.1, 0.15) is 22.3 Å². The van der Waals surface area contributed by atoms with E-state index in [-0.39, 0.29) is 16.3 Å². The number of ether oxygens (including phenoxy) is 1. The molecule has 0 aliphatic carbocycles. The van der Waals surface area contributed by atoms with E-state index in [1.54, 1.807) is 0 Å². The van der Waals surface area contributed by atoms with Crippen LogP contribution in [0.2, 0.25) is 0 Å². The lowest BCUT2D eigenvalue weighted by molar-refractivity contribution is -0.145. The summed E-state index contributed by atoms with van der Waals surface area (Å²) in [4.78, 5) is 34.2. The molecule has 1 atom stereocenters. The topological polar surface area (TPSA) is 113 Å². The minimum absolute atomic E-state index is 0.0809. The fourth-order valence-electron chi connectivity index (χ4n) is 2.61. The van der Waals surface area contributed by atoms with Gasteiger partial charge >= 0.3 is 18.1 Å². The maximum Gasteiger partial charge on any atom is 0.420 e. The number of amides is 1. The summed E-state index contributed by atoms with van der Waals surface area (Å²) in [7, 11) is 1.08. The predicted octanol–water partition coefficient (Wildman–Crippen LogP) is 2.52. The molecule has 1 amide bonds. The van der Waals surface area contributed by atoms with Crippen molar-refractivity contribution in [1.29, 1.82) is 0 Å². The first-order valence-electron chi connectivity index (χ1n) is 7.48. The third-order valence-electron chi connectivity index (χ3n) is 3.75. The molecule has 3 N–H and O–H groups in total. The van der Waals surface area contributed by atoms with Crippen LogP contribution in [-0.4, -0.2) is 41.2 Å². The Bertz CT molecular complexity index is 909. The number of halogens is 3. The summed E-state index contributed by atoms with van der Waals surface area (Å²) in [5.41, 5.74) is -1.30. The van der Waals surface area contributed by atoms with Gasteiger partial charge in [-0.1, -0.05) is 12.1 Å². The van der Waals surface area contributed by atoms with E-state index >= 15 is 0 Å². The maximum atomic E-state index is 13.4. The second-order valence-electron chi connectivity index (χ2n) is 5.50. The van der Waals surface area contributed by atoms with Crippen LogP contribution in [-0.2, 0) is 15.8 Å². The molecule has 10 heteroatoms. The Hall–Kier alpha value is -3.30. The van der Waals surface area contributed by atoms with Gasteiger partial charge in [0, 0.05) is 5.56 Å². The zero-order chi connectivity index (χ0) is 20.4. The summed E-state index contributed by atoms with van der Waals surface area (Å²) < 4.78 is 45.1. The van der Waals surface area contributed by atoms with Gasteiger partial charge in [0.2, 0.25) is 0 Å². The molecule has 0 aliphatic heterocycles. The molecule has 0 unspecified atom stereocenters. The molecule has 0 radical (unpaired) electrons. The van der Waals surface area contributed by atoms with Gasteiger partial charge in [-0.05, 0) is 29.0 Å². The number of carbonyl (C=O) groups excluding carboxylic acids is 1. The number of hydrogen-bond donors (Lipinski definition) is 3. The number of methoxy groups -OCH3 is 1. The monoisotopic (exact) mass is 385 g/mol. The molecule has 2 aromatic rings. The van der Waals surface area contributed by atoms with E-state index in [0.29, 0.717) is 0 Å². The molecule has 0 aliphatic rings. The summed E-state index contributed by atoms with van der Waals surface area (Å²) in [5.74, 6) is -4.47. The Morgan fingerprint density at radius 1 is 1.11 bits per heavy atom. The van der Waals surface area contributed by atoms with E-state index in [2.05, 4.69) is 0 Å². The normalized spacial score (nSPS) is 12.4. The number of carbonyl (C=O) groups is 3. The highest BCUT2D eigenvalue weighted by molar-refractivity contribution is 6.09. The third kappa shape index (κ3) is 4.27. The Labute approximate surface area is 150 Å². The van der Waals surface area contributed by atoms with E-state index in [4.69, 9.17) is 14.9 Å².